The number of aliphatic hydroxyl groups is 1. The Labute approximate surface area is 168 Å². The zero-order chi connectivity index (χ0) is 20.8. The van der Waals surface area contributed by atoms with Crippen molar-refractivity contribution in [2.24, 2.45) is 0 Å². The van der Waals surface area contributed by atoms with Crippen LogP contribution in [0.5, 0.6) is 11.5 Å². The van der Waals surface area contributed by atoms with Crippen molar-refractivity contribution in [2.75, 3.05) is 25.1 Å². The number of hydrogen-bond acceptors (Lipinski definition) is 5. The van der Waals surface area contributed by atoms with E-state index >= 15 is 0 Å². The molecule has 0 radical (unpaired) electrons. The molecule has 0 amide bonds. The van der Waals surface area contributed by atoms with Gasteiger partial charge in [-0.25, -0.2) is 0 Å². The quantitative estimate of drug-likeness (QED) is 0.556. The predicted molar refractivity (Wildman–Crippen MR) is 107 cm³/mol. The van der Waals surface area contributed by atoms with Crippen molar-refractivity contribution in [1.29, 1.82) is 0 Å². The lowest BCUT2D eigenvalue weighted by Gasteiger charge is -2.31. The highest BCUT2D eigenvalue weighted by Crippen LogP contribution is 2.30. The Bertz CT molecular complexity index is 860. The number of alkyl halides is 2. The van der Waals surface area contributed by atoms with E-state index in [1.165, 1.54) is 25.3 Å². The summed E-state index contributed by atoms with van der Waals surface area (Å²) in [5, 5.41) is 9.60. The van der Waals surface area contributed by atoms with E-state index in [4.69, 9.17) is 4.74 Å². The van der Waals surface area contributed by atoms with Crippen LogP contribution >= 0.6 is 0 Å². The van der Waals surface area contributed by atoms with Gasteiger partial charge < -0.3 is 19.5 Å². The van der Waals surface area contributed by atoms with Crippen molar-refractivity contribution >= 4 is 17.5 Å². The van der Waals surface area contributed by atoms with Crippen LogP contribution in [0.15, 0.2) is 48.5 Å². The number of aliphatic hydroxyl groups excluding tert-OH is 1. The summed E-state index contributed by atoms with van der Waals surface area (Å²) in [6.45, 7) is -1.39. The Hall–Kier alpha value is -2.93. The number of carbonyl (C=O) groups is 1. The van der Waals surface area contributed by atoms with Gasteiger partial charge in [0, 0.05) is 24.3 Å². The van der Waals surface area contributed by atoms with Gasteiger partial charge in [0.05, 0.1) is 13.2 Å². The Kier molecular flexibility index (Phi) is 6.82. The van der Waals surface area contributed by atoms with E-state index in [1.807, 2.05) is 12.1 Å². The fourth-order valence-corrected chi connectivity index (χ4v) is 3.21. The van der Waals surface area contributed by atoms with Crippen molar-refractivity contribution in [3.63, 3.8) is 0 Å². The third-order valence-electron chi connectivity index (χ3n) is 4.81. The second-order valence-electron chi connectivity index (χ2n) is 6.75. The van der Waals surface area contributed by atoms with Gasteiger partial charge in [0.25, 0.3) is 0 Å². The van der Waals surface area contributed by atoms with E-state index in [1.54, 1.807) is 24.3 Å². The molecule has 1 N–H and O–H groups in total. The maximum atomic E-state index is 12.5. The van der Waals surface area contributed by atoms with Gasteiger partial charge >= 0.3 is 6.61 Å². The highest BCUT2D eigenvalue weighted by Gasteiger charge is 2.17. The van der Waals surface area contributed by atoms with E-state index in [2.05, 4.69) is 9.64 Å². The topological polar surface area (TPSA) is 59.0 Å². The maximum Gasteiger partial charge on any atom is 0.387 e. The van der Waals surface area contributed by atoms with Gasteiger partial charge in [-0.05, 0) is 60.9 Å². The van der Waals surface area contributed by atoms with Gasteiger partial charge in [0.2, 0.25) is 0 Å². The minimum Gasteiger partial charge on any atom is -0.493 e. The first-order valence-corrected chi connectivity index (χ1v) is 9.34. The summed E-state index contributed by atoms with van der Waals surface area (Å²) in [6.07, 6.45) is 4.17. The number of piperidine rings is 1. The number of hydrogen-bond donors (Lipinski definition) is 1. The average Bonchev–Trinajstić information content (AvgIpc) is 2.72. The van der Waals surface area contributed by atoms with Gasteiger partial charge in [-0.1, -0.05) is 12.1 Å². The molecule has 0 unspecified atom stereocenters. The first-order chi connectivity index (χ1) is 14.0. The molecule has 0 spiro atoms. The highest BCUT2D eigenvalue weighted by atomic mass is 19.3. The summed E-state index contributed by atoms with van der Waals surface area (Å²) in [5.74, 6) is -0.0968. The molecule has 0 saturated carbocycles. The minimum atomic E-state index is -2.97. The molecule has 7 heteroatoms. The minimum absolute atomic E-state index is 0.0897. The second-order valence-corrected chi connectivity index (χ2v) is 6.75. The van der Waals surface area contributed by atoms with Crippen molar-refractivity contribution < 1.29 is 28.2 Å². The molecule has 0 aromatic heterocycles. The molecule has 0 atom stereocenters. The molecular weight excluding hydrogens is 380 g/mol. The first-order valence-electron chi connectivity index (χ1n) is 9.34. The van der Waals surface area contributed by atoms with E-state index < -0.39 is 6.61 Å². The number of ketones is 1. The van der Waals surface area contributed by atoms with E-state index in [-0.39, 0.29) is 23.4 Å². The molecule has 154 valence electrons. The monoisotopic (exact) mass is 403 g/mol. The molecule has 2 aromatic carbocycles. The van der Waals surface area contributed by atoms with E-state index in [0.717, 1.165) is 31.6 Å². The average molecular weight is 403 g/mol. The van der Waals surface area contributed by atoms with Crippen LogP contribution in [0.4, 0.5) is 14.5 Å². The number of carbonyl (C=O) groups excluding carboxylic acids is 1. The number of rotatable bonds is 7. The molecule has 3 rings (SSSR count). The molecule has 1 aliphatic rings. The van der Waals surface area contributed by atoms with Gasteiger partial charge in [-0.15, -0.1) is 0 Å². The Morgan fingerprint density at radius 1 is 1.14 bits per heavy atom. The van der Waals surface area contributed by atoms with Crippen LogP contribution in [0.3, 0.4) is 0 Å². The maximum absolute atomic E-state index is 12.5. The molecule has 1 aliphatic heterocycles. The lowest BCUT2D eigenvalue weighted by atomic mass is 10.1. The first kappa shape index (κ1) is 20.8. The molecular formula is C22H23F2NO4. The van der Waals surface area contributed by atoms with Crippen LogP contribution < -0.4 is 14.4 Å². The fourth-order valence-electron chi connectivity index (χ4n) is 3.21. The summed E-state index contributed by atoms with van der Waals surface area (Å²) in [5.41, 5.74) is 2.08. The molecule has 1 saturated heterocycles. The predicted octanol–water partition coefficient (Wildman–Crippen LogP) is 4.15. The molecule has 2 aromatic rings. The molecule has 0 bridgehead atoms. The second kappa shape index (κ2) is 9.52. The number of benzene rings is 2. The van der Waals surface area contributed by atoms with Crippen LogP contribution in [0.1, 0.15) is 28.8 Å². The summed E-state index contributed by atoms with van der Waals surface area (Å²) in [7, 11) is 1.36. The van der Waals surface area contributed by atoms with Crippen molar-refractivity contribution in [1.82, 2.24) is 0 Å². The van der Waals surface area contributed by atoms with Crippen LogP contribution in [-0.4, -0.2) is 43.8 Å². The van der Waals surface area contributed by atoms with E-state index in [0.29, 0.717) is 11.1 Å². The van der Waals surface area contributed by atoms with Gasteiger partial charge in [0.15, 0.2) is 17.3 Å². The number of ether oxygens (including phenoxy) is 2. The van der Waals surface area contributed by atoms with Crippen molar-refractivity contribution in [3.8, 4) is 11.5 Å². The van der Waals surface area contributed by atoms with Crippen LogP contribution in [0.25, 0.3) is 6.08 Å². The smallest absolute Gasteiger partial charge is 0.387 e. The number of halogens is 2. The largest absolute Gasteiger partial charge is 0.493 e. The number of nitrogens with zero attached hydrogens (tertiary/aromatic N) is 1. The molecule has 5 nitrogen and oxygen atoms in total. The number of allylic oxidation sites excluding steroid dienone is 1. The molecule has 0 aliphatic carbocycles. The lowest BCUT2D eigenvalue weighted by molar-refractivity contribution is -0.0512. The van der Waals surface area contributed by atoms with E-state index in [9.17, 15) is 18.7 Å². The van der Waals surface area contributed by atoms with Crippen molar-refractivity contribution in [3.05, 3.63) is 59.7 Å². The summed E-state index contributed by atoms with van der Waals surface area (Å²) >= 11 is 0. The highest BCUT2D eigenvalue weighted by molar-refractivity contribution is 6.07. The van der Waals surface area contributed by atoms with Crippen LogP contribution in [0, 0.1) is 0 Å². The number of methoxy groups -OCH3 is 1. The van der Waals surface area contributed by atoms with Gasteiger partial charge in [-0.3, -0.25) is 4.79 Å². The van der Waals surface area contributed by atoms with Gasteiger partial charge in [-0.2, -0.15) is 8.78 Å². The normalized spacial score (nSPS) is 15.1. The fraction of sp³-hybridized carbons (Fsp3) is 0.318. The third kappa shape index (κ3) is 5.54. The molecule has 1 fully saturated rings. The third-order valence-corrected chi connectivity index (χ3v) is 4.81. The Balaban J connectivity index is 1.67. The molecule has 1 heterocycles. The van der Waals surface area contributed by atoms with Crippen molar-refractivity contribution in [2.45, 2.75) is 25.6 Å². The summed E-state index contributed by atoms with van der Waals surface area (Å²) < 4.78 is 34.5. The molecule has 29 heavy (non-hydrogen) atoms. The zero-order valence-electron chi connectivity index (χ0n) is 16.1. The van der Waals surface area contributed by atoms with Gasteiger partial charge in [0.1, 0.15) is 0 Å². The zero-order valence-corrected chi connectivity index (χ0v) is 16.1. The summed E-state index contributed by atoms with van der Waals surface area (Å²) in [6, 6.07) is 11.8. The summed E-state index contributed by atoms with van der Waals surface area (Å²) in [4.78, 5) is 14.6. The number of anilines is 1. The Morgan fingerprint density at radius 2 is 1.83 bits per heavy atom. The van der Waals surface area contributed by atoms with Crippen LogP contribution in [0.2, 0.25) is 0 Å². The SMILES string of the molecule is COc1ccc(/C=C/C(=O)c2ccc(N3CCC(O)CC3)cc2)cc1OC(F)F. The van der Waals surface area contributed by atoms with Crippen LogP contribution in [-0.2, 0) is 0 Å². The lowest BCUT2D eigenvalue weighted by Crippen LogP contribution is -2.35. The Morgan fingerprint density at radius 3 is 2.45 bits per heavy atom. The standard InChI is InChI=1S/C22H23F2NO4/c1-28-20-9-3-15(14-21(20)29-22(23)24)2-8-19(27)16-4-6-17(7-5-16)25-12-10-18(26)11-13-25/h2-9,14,18,22,26H,10-13H2,1H3/b8-2+.